The largest absolute Gasteiger partial charge is 0.489 e. The molecule has 0 aliphatic heterocycles. The topological polar surface area (TPSA) is 96.0 Å². The quantitative estimate of drug-likeness (QED) is 0.154. The molecular weight excluding hydrogens is 598 g/mol. The lowest BCUT2D eigenvalue weighted by Crippen LogP contribution is -2.53. The number of nitrogens with zero attached hydrogens (tertiary/aromatic N) is 2. The Bertz CT molecular complexity index is 1650. The van der Waals surface area contributed by atoms with E-state index in [0.29, 0.717) is 24.6 Å². The van der Waals surface area contributed by atoms with Gasteiger partial charge in [0.1, 0.15) is 24.9 Å². The summed E-state index contributed by atoms with van der Waals surface area (Å²) >= 11 is 0. The average molecular weight is 642 g/mol. The number of hydrogen-bond acceptors (Lipinski definition) is 5. The highest BCUT2D eigenvalue weighted by Gasteiger charge is 2.33. The molecule has 242 valence electrons. The third-order valence-electron chi connectivity index (χ3n) is 7.63. The van der Waals surface area contributed by atoms with Gasteiger partial charge in [-0.2, -0.15) is 0 Å². The Morgan fingerprint density at radius 2 is 1.41 bits per heavy atom. The predicted molar refractivity (Wildman–Crippen MR) is 183 cm³/mol. The minimum Gasteiger partial charge on any atom is -0.489 e. The second kappa shape index (κ2) is 16.6. The summed E-state index contributed by atoms with van der Waals surface area (Å²) in [6.45, 7) is 4.55. The number of carbonyl (C=O) groups is 2. The van der Waals surface area contributed by atoms with Crippen LogP contribution in [0.3, 0.4) is 0 Å². The van der Waals surface area contributed by atoms with Crippen LogP contribution in [0.2, 0.25) is 0 Å². The summed E-state index contributed by atoms with van der Waals surface area (Å²) in [4.78, 5) is 29.5. The van der Waals surface area contributed by atoms with Gasteiger partial charge in [-0.15, -0.1) is 0 Å². The number of nitrogens with one attached hydrogen (secondary N) is 1. The van der Waals surface area contributed by atoms with Crippen molar-refractivity contribution in [3.05, 3.63) is 131 Å². The van der Waals surface area contributed by atoms with Crippen molar-refractivity contribution >= 4 is 27.5 Å². The number of amides is 2. The van der Waals surface area contributed by atoms with Crippen molar-refractivity contribution < 1.29 is 22.7 Å². The summed E-state index contributed by atoms with van der Waals surface area (Å²) in [5, 5.41) is 3.00. The highest BCUT2D eigenvalue weighted by Crippen LogP contribution is 2.24. The number of sulfonamides is 1. The van der Waals surface area contributed by atoms with E-state index in [1.807, 2.05) is 98.8 Å². The molecule has 0 heterocycles. The standard InChI is InChI=1S/C37H43N3O5S/c1-4-5-24-38-37(42)35(25-30-12-8-6-9-13-30)39(26-31-18-16-29(2)17-19-31)36(41)27-40(46(3,43)44)33-20-22-34(23-21-33)45-28-32-14-10-7-11-15-32/h6-23,35H,4-5,24-28H2,1-3H3,(H,38,42). The first-order chi connectivity index (χ1) is 22.1. The SMILES string of the molecule is CCCCNC(=O)C(Cc1ccccc1)N(Cc1ccc(C)cc1)C(=O)CN(c1ccc(OCc2ccccc2)cc1)S(C)(=O)=O. The molecule has 0 saturated heterocycles. The van der Waals surface area contributed by atoms with Crippen molar-refractivity contribution in [2.45, 2.75) is 52.3 Å². The molecule has 0 aliphatic rings. The van der Waals surface area contributed by atoms with Gasteiger partial charge in [0, 0.05) is 19.5 Å². The number of carbonyl (C=O) groups excluding carboxylic acids is 2. The smallest absolute Gasteiger partial charge is 0.244 e. The fourth-order valence-electron chi connectivity index (χ4n) is 5.01. The molecule has 0 bridgehead atoms. The van der Waals surface area contributed by atoms with Gasteiger partial charge in [-0.25, -0.2) is 8.42 Å². The lowest BCUT2D eigenvalue weighted by molar-refractivity contribution is -0.140. The molecule has 8 nitrogen and oxygen atoms in total. The van der Waals surface area contributed by atoms with E-state index in [-0.39, 0.29) is 18.9 Å². The highest BCUT2D eigenvalue weighted by atomic mass is 32.2. The van der Waals surface area contributed by atoms with E-state index in [1.165, 1.54) is 4.90 Å². The van der Waals surface area contributed by atoms with E-state index < -0.39 is 28.5 Å². The van der Waals surface area contributed by atoms with Gasteiger partial charge < -0.3 is 15.0 Å². The third-order valence-corrected chi connectivity index (χ3v) is 8.77. The van der Waals surface area contributed by atoms with Crippen LogP contribution in [-0.2, 0) is 39.2 Å². The Morgan fingerprint density at radius 1 is 0.804 bits per heavy atom. The Hall–Kier alpha value is -4.63. The molecule has 4 aromatic rings. The zero-order valence-electron chi connectivity index (χ0n) is 26.8. The van der Waals surface area contributed by atoms with E-state index in [2.05, 4.69) is 5.32 Å². The highest BCUT2D eigenvalue weighted by molar-refractivity contribution is 7.92. The zero-order valence-corrected chi connectivity index (χ0v) is 27.6. The molecule has 1 atom stereocenters. The molecule has 1 unspecified atom stereocenters. The summed E-state index contributed by atoms with van der Waals surface area (Å²) in [7, 11) is -3.87. The average Bonchev–Trinajstić information content (AvgIpc) is 3.06. The summed E-state index contributed by atoms with van der Waals surface area (Å²) in [6, 6.07) is 32.8. The van der Waals surface area contributed by atoms with Crippen LogP contribution in [-0.4, -0.2) is 50.5 Å². The number of rotatable bonds is 16. The number of ether oxygens (including phenoxy) is 1. The number of hydrogen-bond donors (Lipinski definition) is 1. The molecule has 0 spiro atoms. The molecule has 2 amide bonds. The third kappa shape index (κ3) is 10.2. The van der Waals surface area contributed by atoms with Crippen LogP contribution in [0.1, 0.15) is 42.0 Å². The van der Waals surface area contributed by atoms with Gasteiger partial charge in [0.05, 0.1) is 11.9 Å². The van der Waals surface area contributed by atoms with E-state index in [4.69, 9.17) is 4.74 Å². The monoisotopic (exact) mass is 641 g/mol. The molecule has 0 radical (unpaired) electrons. The zero-order chi connectivity index (χ0) is 32.9. The molecular formula is C37H43N3O5S. The van der Waals surface area contributed by atoms with Crippen molar-refractivity contribution in [2.24, 2.45) is 0 Å². The van der Waals surface area contributed by atoms with Crippen molar-refractivity contribution in [1.82, 2.24) is 10.2 Å². The van der Waals surface area contributed by atoms with Crippen LogP contribution >= 0.6 is 0 Å². The second-order valence-corrected chi connectivity index (χ2v) is 13.3. The first-order valence-corrected chi connectivity index (χ1v) is 17.4. The van der Waals surface area contributed by atoms with Crippen molar-refractivity contribution in [2.75, 3.05) is 23.7 Å². The molecule has 0 aromatic heterocycles. The van der Waals surface area contributed by atoms with Crippen LogP contribution in [0.4, 0.5) is 5.69 Å². The molecule has 4 rings (SSSR count). The molecule has 1 N–H and O–H groups in total. The predicted octanol–water partition coefficient (Wildman–Crippen LogP) is 5.90. The van der Waals surface area contributed by atoms with Gasteiger partial charge >= 0.3 is 0 Å². The fraction of sp³-hybridized carbons (Fsp3) is 0.297. The van der Waals surface area contributed by atoms with Gasteiger partial charge in [0.2, 0.25) is 21.8 Å². The number of unbranched alkanes of at least 4 members (excludes halogenated alkanes) is 1. The van der Waals surface area contributed by atoms with Crippen LogP contribution in [0.5, 0.6) is 5.75 Å². The second-order valence-electron chi connectivity index (χ2n) is 11.4. The summed E-state index contributed by atoms with van der Waals surface area (Å²) in [6.07, 6.45) is 3.07. The van der Waals surface area contributed by atoms with Crippen LogP contribution in [0, 0.1) is 6.92 Å². The first-order valence-electron chi connectivity index (χ1n) is 15.5. The van der Waals surface area contributed by atoms with Crippen molar-refractivity contribution in [3.8, 4) is 5.75 Å². The normalized spacial score (nSPS) is 11.8. The number of anilines is 1. The molecule has 0 saturated carbocycles. The molecule has 9 heteroatoms. The summed E-state index contributed by atoms with van der Waals surface area (Å²) in [5.74, 6) is -0.189. The molecule has 4 aromatic carbocycles. The van der Waals surface area contributed by atoms with Gasteiger partial charge in [-0.1, -0.05) is 104 Å². The van der Waals surface area contributed by atoms with Crippen molar-refractivity contribution in [3.63, 3.8) is 0 Å². The van der Waals surface area contributed by atoms with Crippen LogP contribution in [0.25, 0.3) is 0 Å². The first kappa shape index (κ1) is 34.2. The Kier molecular flexibility index (Phi) is 12.4. The maximum absolute atomic E-state index is 14.3. The molecule has 46 heavy (non-hydrogen) atoms. The van der Waals surface area contributed by atoms with E-state index in [1.54, 1.807) is 24.3 Å². The van der Waals surface area contributed by atoms with Gasteiger partial charge in [-0.05, 0) is 54.3 Å². The lowest BCUT2D eigenvalue weighted by atomic mass is 10.0. The minimum absolute atomic E-state index is 0.141. The molecule has 0 fully saturated rings. The maximum atomic E-state index is 14.3. The summed E-state index contributed by atoms with van der Waals surface area (Å²) < 4.78 is 33.1. The van der Waals surface area contributed by atoms with Crippen molar-refractivity contribution in [1.29, 1.82) is 0 Å². The van der Waals surface area contributed by atoms with E-state index in [9.17, 15) is 18.0 Å². The number of benzene rings is 4. The molecule has 0 aliphatic carbocycles. The van der Waals surface area contributed by atoms with E-state index in [0.717, 1.165) is 45.7 Å². The van der Waals surface area contributed by atoms with Crippen LogP contribution in [0.15, 0.2) is 109 Å². The minimum atomic E-state index is -3.87. The summed E-state index contributed by atoms with van der Waals surface area (Å²) in [5.41, 5.74) is 4.13. The van der Waals surface area contributed by atoms with E-state index >= 15 is 0 Å². The Balaban J connectivity index is 1.63. The number of aryl methyl sites for hydroxylation is 1. The van der Waals surface area contributed by atoms with Gasteiger partial charge in [0.25, 0.3) is 0 Å². The lowest BCUT2D eigenvalue weighted by Gasteiger charge is -2.33. The Labute approximate surface area is 273 Å². The van der Waals surface area contributed by atoms with Gasteiger partial charge in [-0.3, -0.25) is 13.9 Å². The maximum Gasteiger partial charge on any atom is 0.244 e. The van der Waals surface area contributed by atoms with Gasteiger partial charge in [0.15, 0.2) is 0 Å². The van der Waals surface area contributed by atoms with Crippen LogP contribution < -0.4 is 14.4 Å². The fourth-order valence-corrected chi connectivity index (χ4v) is 5.86. The Morgan fingerprint density at radius 3 is 2.00 bits per heavy atom.